The van der Waals surface area contributed by atoms with Gasteiger partial charge in [0.15, 0.2) is 0 Å². The molecule has 7 nitrogen and oxygen atoms in total. The highest BCUT2D eigenvalue weighted by Crippen LogP contribution is 2.17. The van der Waals surface area contributed by atoms with Gasteiger partial charge in [-0.2, -0.15) is 5.26 Å². The predicted octanol–water partition coefficient (Wildman–Crippen LogP) is 1.54. The SMILES string of the molecule is COC(=O)c1cncc(NS(=O)(=O)c2cccc(C#N)c2)c1. The van der Waals surface area contributed by atoms with Crippen LogP contribution in [0.3, 0.4) is 0 Å². The average Bonchev–Trinajstić information content (AvgIpc) is 2.54. The van der Waals surface area contributed by atoms with Gasteiger partial charge < -0.3 is 4.74 Å². The molecular formula is C14H11N3O4S. The molecule has 112 valence electrons. The molecule has 1 aromatic heterocycles. The zero-order valence-electron chi connectivity index (χ0n) is 11.5. The zero-order chi connectivity index (χ0) is 16.2. The van der Waals surface area contributed by atoms with Crippen molar-refractivity contribution in [2.75, 3.05) is 11.8 Å². The molecule has 2 rings (SSSR count). The Morgan fingerprint density at radius 2 is 2.09 bits per heavy atom. The van der Waals surface area contributed by atoms with E-state index in [1.807, 2.05) is 6.07 Å². The Hall–Kier alpha value is -2.92. The van der Waals surface area contributed by atoms with E-state index in [9.17, 15) is 13.2 Å². The predicted molar refractivity (Wildman–Crippen MR) is 77.5 cm³/mol. The molecule has 0 aliphatic heterocycles. The molecule has 0 amide bonds. The summed E-state index contributed by atoms with van der Waals surface area (Å²) in [6, 6.07) is 8.76. The number of pyridine rings is 1. The van der Waals surface area contributed by atoms with Gasteiger partial charge in [0.25, 0.3) is 10.0 Å². The van der Waals surface area contributed by atoms with Crippen molar-refractivity contribution in [3.8, 4) is 6.07 Å². The van der Waals surface area contributed by atoms with Gasteiger partial charge in [0, 0.05) is 6.20 Å². The molecule has 1 N–H and O–H groups in total. The largest absolute Gasteiger partial charge is 0.465 e. The number of carbonyl (C=O) groups is 1. The Balaban J connectivity index is 2.33. The van der Waals surface area contributed by atoms with Crippen LogP contribution in [0.25, 0.3) is 0 Å². The number of carbonyl (C=O) groups excluding carboxylic acids is 1. The molecule has 0 aliphatic rings. The van der Waals surface area contributed by atoms with Crippen LogP contribution in [0.15, 0.2) is 47.6 Å². The Labute approximate surface area is 127 Å². The van der Waals surface area contributed by atoms with Gasteiger partial charge in [-0.15, -0.1) is 0 Å². The fourth-order valence-corrected chi connectivity index (χ4v) is 2.75. The maximum absolute atomic E-state index is 12.3. The van der Waals surface area contributed by atoms with Gasteiger partial charge in [0.1, 0.15) is 0 Å². The van der Waals surface area contributed by atoms with Crippen LogP contribution in [0.4, 0.5) is 5.69 Å². The molecule has 0 aliphatic carbocycles. The number of esters is 1. The number of hydrogen-bond donors (Lipinski definition) is 1. The Kier molecular flexibility index (Phi) is 4.39. The molecule has 0 unspecified atom stereocenters. The normalized spacial score (nSPS) is 10.5. The van der Waals surface area contributed by atoms with E-state index in [1.54, 1.807) is 0 Å². The smallest absolute Gasteiger partial charge is 0.339 e. The van der Waals surface area contributed by atoms with Crippen LogP contribution in [0.2, 0.25) is 0 Å². The van der Waals surface area contributed by atoms with Crippen molar-refractivity contribution in [2.24, 2.45) is 0 Å². The molecule has 1 aromatic carbocycles. The topological polar surface area (TPSA) is 109 Å². The molecule has 8 heteroatoms. The lowest BCUT2D eigenvalue weighted by Gasteiger charge is -2.08. The highest BCUT2D eigenvalue weighted by Gasteiger charge is 2.16. The zero-order valence-corrected chi connectivity index (χ0v) is 12.3. The lowest BCUT2D eigenvalue weighted by molar-refractivity contribution is 0.0600. The third-order valence-electron chi connectivity index (χ3n) is 2.68. The maximum Gasteiger partial charge on any atom is 0.339 e. The third kappa shape index (κ3) is 3.39. The van der Waals surface area contributed by atoms with E-state index in [0.29, 0.717) is 0 Å². The summed E-state index contributed by atoms with van der Waals surface area (Å²) in [5.41, 5.74) is 0.461. The Morgan fingerprint density at radius 3 is 2.77 bits per heavy atom. The fourth-order valence-electron chi connectivity index (χ4n) is 1.67. The molecule has 0 saturated heterocycles. The maximum atomic E-state index is 12.3. The molecule has 0 saturated carbocycles. The fraction of sp³-hybridized carbons (Fsp3) is 0.0714. The van der Waals surface area contributed by atoms with Crippen LogP contribution < -0.4 is 4.72 Å². The lowest BCUT2D eigenvalue weighted by Crippen LogP contribution is -2.14. The summed E-state index contributed by atoms with van der Waals surface area (Å²) >= 11 is 0. The number of ether oxygens (including phenoxy) is 1. The molecule has 0 spiro atoms. The van der Waals surface area contributed by atoms with Crippen LogP contribution in [-0.4, -0.2) is 26.5 Å². The van der Waals surface area contributed by atoms with Crippen molar-refractivity contribution >= 4 is 21.7 Å². The van der Waals surface area contributed by atoms with Crippen molar-refractivity contribution in [2.45, 2.75) is 4.90 Å². The van der Waals surface area contributed by atoms with Crippen molar-refractivity contribution in [1.82, 2.24) is 4.98 Å². The second-order valence-electron chi connectivity index (χ2n) is 4.20. The summed E-state index contributed by atoms with van der Waals surface area (Å²) in [6.45, 7) is 0. The van der Waals surface area contributed by atoms with E-state index in [-0.39, 0.29) is 21.7 Å². The van der Waals surface area contributed by atoms with Crippen LogP contribution in [0, 0.1) is 11.3 Å². The summed E-state index contributed by atoms with van der Waals surface area (Å²) in [5, 5.41) is 8.82. The molecule has 0 atom stereocenters. The monoisotopic (exact) mass is 317 g/mol. The number of methoxy groups -OCH3 is 1. The molecule has 22 heavy (non-hydrogen) atoms. The number of rotatable bonds is 4. The summed E-state index contributed by atoms with van der Waals surface area (Å²) in [4.78, 5) is 15.1. The van der Waals surface area contributed by atoms with Gasteiger partial charge in [-0.3, -0.25) is 9.71 Å². The summed E-state index contributed by atoms with van der Waals surface area (Å²) in [7, 11) is -2.67. The first-order valence-corrected chi connectivity index (χ1v) is 7.51. The summed E-state index contributed by atoms with van der Waals surface area (Å²) in [6.07, 6.45) is 2.53. The summed E-state index contributed by atoms with van der Waals surface area (Å²) < 4.78 is 31.4. The highest BCUT2D eigenvalue weighted by atomic mass is 32.2. The van der Waals surface area contributed by atoms with Gasteiger partial charge in [0.2, 0.25) is 0 Å². The van der Waals surface area contributed by atoms with E-state index in [0.717, 1.165) is 0 Å². The Morgan fingerprint density at radius 1 is 1.32 bits per heavy atom. The van der Waals surface area contributed by atoms with Gasteiger partial charge in [-0.1, -0.05) is 6.07 Å². The van der Waals surface area contributed by atoms with Crippen LogP contribution in [0.5, 0.6) is 0 Å². The number of aromatic nitrogens is 1. The van der Waals surface area contributed by atoms with Gasteiger partial charge >= 0.3 is 5.97 Å². The van der Waals surface area contributed by atoms with Crippen molar-refractivity contribution in [3.63, 3.8) is 0 Å². The van der Waals surface area contributed by atoms with Gasteiger partial charge in [0.05, 0.1) is 41.1 Å². The lowest BCUT2D eigenvalue weighted by atomic mass is 10.2. The van der Waals surface area contributed by atoms with E-state index < -0.39 is 16.0 Å². The quantitative estimate of drug-likeness (QED) is 0.857. The second-order valence-corrected chi connectivity index (χ2v) is 5.88. The van der Waals surface area contributed by atoms with Crippen molar-refractivity contribution in [3.05, 3.63) is 53.9 Å². The minimum Gasteiger partial charge on any atom is -0.465 e. The first kappa shape index (κ1) is 15.5. The Bertz CT molecular complexity index is 856. The number of hydrogen-bond acceptors (Lipinski definition) is 6. The summed E-state index contributed by atoms with van der Waals surface area (Å²) in [5.74, 6) is -0.625. The average molecular weight is 317 g/mol. The first-order valence-electron chi connectivity index (χ1n) is 6.02. The van der Waals surface area contributed by atoms with E-state index >= 15 is 0 Å². The number of sulfonamides is 1. The van der Waals surface area contributed by atoms with Crippen LogP contribution in [0.1, 0.15) is 15.9 Å². The standard InChI is InChI=1S/C14H11N3O4S/c1-21-14(18)11-6-12(9-16-8-11)17-22(19,20)13-4-2-3-10(5-13)7-15/h2-6,8-9,17H,1H3. The van der Waals surface area contributed by atoms with Crippen molar-refractivity contribution in [1.29, 1.82) is 5.26 Å². The van der Waals surface area contributed by atoms with E-state index in [2.05, 4.69) is 14.4 Å². The second kappa shape index (κ2) is 6.24. The van der Waals surface area contributed by atoms with Crippen molar-refractivity contribution < 1.29 is 17.9 Å². The minimum absolute atomic E-state index is 0.0602. The van der Waals surface area contributed by atoms with Crippen LogP contribution in [-0.2, 0) is 14.8 Å². The molecule has 1 heterocycles. The molecule has 0 radical (unpaired) electrons. The molecule has 2 aromatic rings. The number of benzene rings is 1. The number of nitrogens with one attached hydrogen (secondary N) is 1. The first-order chi connectivity index (χ1) is 10.5. The number of anilines is 1. The minimum atomic E-state index is -3.89. The van der Waals surface area contributed by atoms with Crippen LogP contribution >= 0.6 is 0 Å². The molecular weight excluding hydrogens is 306 g/mol. The van der Waals surface area contributed by atoms with Gasteiger partial charge in [-0.25, -0.2) is 13.2 Å². The number of nitriles is 1. The molecule has 0 fully saturated rings. The van der Waals surface area contributed by atoms with Gasteiger partial charge in [-0.05, 0) is 24.3 Å². The van der Waals surface area contributed by atoms with E-state index in [4.69, 9.17) is 5.26 Å². The third-order valence-corrected chi connectivity index (χ3v) is 4.06. The molecule has 0 bridgehead atoms. The number of nitrogens with zero attached hydrogens (tertiary/aromatic N) is 2. The van der Waals surface area contributed by atoms with E-state index in [1.165, 1.54) is 49.8 Å². The highest BCUT2D eigenvalue weighted by molar-refractivity contribution is 7.92.